The van der Waals surface area contributed by atoms with Gasteiger partial charge in [0, 0.05) is 30.0 Å². The molecule has 0 saturated heterocycles. The Kier molecular flexibility index (Phi) is 6.43. The molecule has 36 heavy (non-hydrogen) atoms. The summed E-state index contributed by atoms with van der Waals surface area (Å²) in [4.78, 5) is 46.2. The van der Waals surface area contributed by atoms with Crippen LogP contribution in [0, 0.1) is 5.92 Å². The Bertz CT molecular complexity index is 1390. The lowest BCUT2D eigenvalue weighted by molar-refractivity contribution is -0.141. The molecule has 0 spiro atoms. The van der Waals surface area contributed by atoms with Crippen LogP contribution in [0.15, 0.2) is 88.6 Å². The van der Waals surface area contributed by atoms with Crippen molar-refractivity contribution < 1.29 is 19.5 Å². The van der Waals surface area contributed by atoms with E-state index < -0.39 is 23.8 Å². The molecule has 5 rings (SSSR count). The van der Waals surface area contributed by atoms with Gasteiger partial charge in [-0.05, 0) is 41.5 Å². The van der Waals surface area contributed by atoms with Crippen LogP contribution in [0.25, 0.3) is 5.57 Å². The molecule has 8 nitrogen and oxygen atoms in total. The molecular weight excluding hydrogens is 480 g/mol. The number of nitrogens with zero attached hydrogens (tertiary/aromatic N) is 4. The number of carboxylic acids is 1. The lowest BCUT2D eigenvalue weighted by Gasteiger charge is -2.26. The van der Waals surface area contributed by atoms with Crippen LogP contribution in [0.5, 0.6) is 0 Å². The van der Waals surface area contributed by atoms with Gasteiger partial charge in [0.1, 0.15) is 6.04 Å². The van der Waals surface area contributed by atoms with Crippen LogP contribution in [-0.2, 0) is 14.4 Å². The molecule has 3 heterocycles. The maximum atomic E-state index is 13.4. The zero-order chi connectivity index (χ0) is 25.2. The average molecular weight is 501 g/mol. The van der Waals surface area contributed by atoms with Crippen LogP contribution in [0.1, 0.15) is 36.6 Å². The summed E-state index contributed by atoms with van der Waals surface area (Å²) in [6.45, 7) is 0. The Morgan fingerprint density at radius 1 is 1.08 bits per heavy atom. The number of carbonyl (C=O) groups excluding carboxylic acids is 2. The summed E-state index contributed by atoms with van der Waals surface area (Å²) in [7, 11) is 0. The van der Waals surface area contributed by atoms with E-state index in [1.807, 2.05) is 36.4 Å². The molecule has 1 aromatic carbocycles. The second-order valence-electron chi connectivity index (χ2n) is 8.51. The molecule has 0 bridgehead atoms. The van der Waals surface area contributed by atoms with Crippen LogP contribution < -0.4 is 0 Å². The number of aromatic nitrogens is 1. The molecule has 9 heteroatoms. The molecule has 0 saturated carbocycles. The Balaban J connectivity index is 1.62. The summed E-state index contributed by atoms with van der Waals surface area (Å²) in [6, 6.07) is 12.0. The average Bonchev–Trinajstić information content (AvgIpc) is 3.32. The van der Waals surface area contributed by atoms with Gasteiger partial charge in [-0.1, -0.05) is 48.0 Å². The van der Waals surface area contributed by atoms with E-state index in [2.05, 4.69) is 15.1 Å². The SMILES string of the molecule is O=C(O)CCC(=O)N1N=C(C2=C(c3ccc(Cl)cc3)C3C=CC=CC3=NC2=O)CC1c1ccccn1. The Labute approximate surface area is 212 Å². The number of aliphatic imine (C=N–C) groups is 1. The minimum Gasteiger partial charge on any atom is -0.481 e. The van der Waals surface area contributed by atoms with Crippen molar-refractivity contribution in [3.63, 3.8) is 0 Å². The van der Waals surface area contributed by atoms with Crippen molar-refractivity contribution in [1.82, 2.24) is 9.99 Å². The number of amides is 2. The molecule has 1 aromatic heterocycles. The summed E-state index contributed by atoms with van der Waals surface area (Å²) >= 11 is 6.12. The number of halogens is 1. The lowest BCUT2D eigenvalue weighted by atomic mass is 9.79. The molecule has 0 fully saturated rings. The second kappa shape index (κ2) is 9.83. The highest BCUT2D eigenvalue weighted by molar-refractivity contribution is 6.34. The van der Waals surface area contributed by atoms with Gasteiger partial charge >= 0.3 is 5.97 Å². The number of carboxylic acid groups (broad SMARTS) is 1. The quantitative estimate of drug-likeness (QED) is 0.631. The number of aliphatic carboxylic acids is 1. The van der Waals surface area contributed by atoms with E-state index in [1.54, 1.807) is 36.5 Å². The minimum absolute atomic E-state index is 0.217. The number of carbonyl (C=O) groups is 3. The van der Waals surface area contributed by atoms with E-state index in [0.717, 1.165) is 11.1 Å². The summed E-state index contributed by atoms with van der Waals surface area (Å²) in [6.07, 6.45) is 8.84. The van der Waals surface area contributed by atoms with Crippen LogP contribution in [0.2, 0.25) is 5.02 Å². The number of hydrogen-bond acceptors (Lipinski definition) is 5. The van der Waals surface area contributed by atoms with Crippen LogP contribution >= 0.6 is 11.6 Å². The topological polar surface area (TPSA) is 112 Å². The molecule has 2 amide bonds. The molecule has 0 radical (unpaired) electrons. The summed E-state index contributed by atoms with van der Waals surface area (Å²) < 4.78 is 0. The van der Waals surface area contributed by atoms with Crippen molar-refractivity contribution in [2.75, 3.05) is 0 Å². The Morgan fingerprint density at radius 2 is 1.89 bits per heavy atom. The number of hydrogen-bond donors (Lipinski definition) is 1. The van der Waals surface area contributed by atoms with Gasteiger partial charge in [-0.15, -0.1) is 0 Å². The van der Waals surface area contributed by atoms with Gasteiger partial charge in [0.2, 0.25) is 5.91 Å². The van der Waals surface area contributed by atoms with Gasteiger partial charge in [-0.25, -0.2) is 10.0 Å². The predicted octanol–water partition coefficient (Wildman–Crippen LogP) is 4.41. The largest absolute Gasteiger partial charge is 0.481 e. The number of rotatable bonds is 6. The minimum atomic E-state index is -1.07. The molecule has 2 unspecified atom stereocenters. The number of fused-ring (bicyclic) bond motifs is 1. The molecule has 1 aliphatic carbocycles. The smallest absolute Gasteiger partial charge is 0.303 e. The number of allylic oxidation sites excluding steroid dienone is 5. The van der Waals surface area contributed by atoms with Gasteiger partial charge in [0.05, 0.1) is 29.1 Å². The zero-order valence-corrected chi connectivity index (χ0v) is 19.8. The molecule has 1 N–H and O–H groups in total. The van der Waals surface area contributed by atoms with E-state index in [4.69, 9.17) is 16.7 Å². The number of pyridine rings is 1. The van der Waals surface area contributed by atoms with Crippen LogP contribution in [0.4, 0.5) is 0 Å². The van der Waals surface area contributed by atoms with Gasteiger partial charge in [-0.3, -0.25) is 19.4 Å². The maximum Gasteiger partial charge on any atom is 0.303 e. The first-order valence-electron chi connectivity index (χ1n) is 11.4. The summed E-state index contributed by atoms with van der Waals surface area (Å²) in [5.74, 6) is -2.24. The fraction of sp³-hybridized carbons (Fsp3) is 0.185. The molecule has 180 valence electrons. The highest BCUT2D eigenvalue weighted by Gasteiger charge is 2.40. The molecule has 2 atom stereocenters. The third-order valence-electron chi connectivity index (χ3n) is 6.22. The fourth-order valence-electron chi connectivity index (χ4n) is 4.58. The van der Waals surface area contributed by atoms with E-state index >= 15 is 0 Å². The van der Waals surface area contributed by atoms with Gasteiger partial charge in [0.15, 0.2) is 0 Å². The van der Waals surface area contributed by atoms with Crippen LogP contribution in [0.3, 0.4) is 0 Å². The van der Waals surface area contributed by atoms with E-state index in [9.17, 15) is 14.4 Å². The van der Waals surface area contributed by atoms with E-state index in [0.29, 0.717) is 27.7 Å². The van der Waals surface area contributed by atoms with Crippen molar-refractivity contribution in [2.45, 2.75) is 25.3 Å². The van der Waals surface area contributed by atoms with Crippen molar-refractivity contribution in [3.8, 4) is 0 Å². The van der Waals surface area contributed by atoms with E-state index in [-0.39, 0.29) is 25.2 Å². The lowest BCUT2D eigenvalue weighted by Crippen LogP contribution is -2.27. The van der Waals surface area contributed by atoms with Crippen LogP contribution in [-0.4, -0.2) is 44.3 Å². The Hall–Kier alpha value is -4.17. The molecule has 3 aliphatic rings. The molecular formula is C27H21ClN4O4. The standard InChI is InChI=1S/C27H21ClN4O4/c28-17-10-8-16(9-11-17)25-18-5-1-2-6-19(18)30-27(36)26(25)21-15-22(20-7-3-4-14-29-20)32(31-21)23(33)12-13-24(34)35/h1-11,14,18,22H,12-13,15H2,(H,34,35). The van der Waals surface area contributed by atoms with Gasteiger partial charge in [-0.2, -0.15) is 5.10 Å². The Morgan fingerprint density at radius 3 is 2.61 bits per heavy atom. The summed E-state index contributed by atoms with van der Waals surface area (Å²) in [5, 5.41) is 15.5. The zero-order valence-electron chi connectivity index (χ0n) is 19.0. The monoisotopic (exact) mass is 500 g/mol. The van der Waals surface area contributed by atoms with Crippen molar-refractivity contribution >= 4 is 46.4 Å². The highest BCUT2D eigenvalue weighted by atomic mass is 35.5. The van der Waals surface area contributed by atoms with Crippen molar-refractivity contribution in [2.24, 2.45) is 16.0 Å². The normalized spacial score (nSPS) is 20.8. The van der Waals surface area contributed by atoms with Gasteiger partial charge in [0.25, 0.3) is 5.91 Å². The summed E-state index contributed by atoms with van der Waals surface area (Å²) in [5.41, 5.74) is 3.51. The van der Waals surface area contributed by atoms with Crippen molar-refractivity contribution in [3.05, 3.63) is 94.8 Å². The number of dihydropyridines is 1. The molecule has 2 aliphatic heterocycles. The first-order valence-corrected chi connectivity index (χ1v) is 11.8. The maximum absolute atomic E-state index is 13.4. The number of hydrazone groups is 1. The third-order valence-corrected chi connectivity index (χ3v) is 6.47. The first kappa shape index (κ1) is 23.6. The van der Waals surface area contributed by atoms with E-state index in [1.165, 1.54) is 5.01 Å². The fourth-order valence-corrected chi connectivity index (χ4v) is 4.71. The third kappa shape index (κ3) is 4.55. The van der Waals surface area contributed by atoms with Gasteiger partial charge < -0.3 is 5.11 Å². The highest BCUT2D eigenvalue weighted by Crippen LogP contribution is 2.40. The second-order valence-corrected chi connectivity index (χ2v) is 8.95. The molecule has 2 aromatic rings. The predicted molar refractivity (Wildman–Crippen MR) is 135 cm³/mol. The van der Waals surface area contributed by atoms with Crippen molar-refractivity contribution in [1.29, 1.82) is 0 Å². The number of benzene rings is 1. The first-order chi connectivity index (χ1) is 17.4.